The van der Waals surface area contributed by atoms with Crippen LogP contribution >= 0.6 is 0 Å². The van der Waals surface area contributed by atoms with Crippen molar-refractivity contribution in [2.45, 2.75) is 13.0 Å². The van der Waals surface area contributed by atoms with Crippen molar-refractivity contribution in [3.8, 4) is 17.1 Å². The first kappa shape index (κ1) is 19.2. The highest BCUT2D eigenvalue weighted by Crippen LogP contribution is 2.25. The first-order valence-corrected chi connectivity index (χ1v) is 10.3. The largest absolute Gasteiger partial charge is 0.378 e. The molecule has 4 heterocycles. The van der Waals surface area contributed by atoms with Crippen molar-refractivity contribution in [2.24, 2.45) is 0 Å². The molecule has 2 fully saturated rings. The molecule has 2 aliphatic heterocycles. The van der Waals surface area contributed by atoms with Crippen LogP contribution in [-0.4, -0.2) is 65.9 Å². The number of benzene rings is 1. The van der Waals surface area contributed by atoms with Gasteiger partial charge in [0.05, 0.1) is 38.7 Å². The van der Waals surface area contributed by atoms with Crippen molar-refractivity contribution >= 4 is 5.82 Å². The first-order valence-electron chi connectivity index (χ1n) is 10.3. The molecule has 30 heavy (non-hydrogen) atoms. The second-order valence-corrected chi connectivity index (χ2v) is 7.49. The number of rotatable bonds is 4. The van der Waals surface area contributed by atoms with Crippen molar-refractivity contribution in [3.63, 3.8) is 0 Å². The number of hydrogen-bond donors (Lipinski definition) is 0. The summed E-state index contributed by atoms with van der Waals surface area (Å²) in [6.07, 6.45) is 1.66. The predicted molar refractivity (Wildman–Crippen MR) is 112 cm³/mol. The summed E-state index contributed by atoms with van der Waals surface area (Å²) in [4.78, 5) is 11.8. The van der Waals surface area contributed by atoms with Crippen LogP contribution in [0.1, 0.15) is 17.5 Å². The molecule has 0 spiro atoms. The zero-order chi connectivity index (χ0) is 20.3. The van der Waals surface area contributed by atoms with Crippen molar-refractivity contribution in [2.75, 3.05) is 51.0 Å². The highest BCUT2D eigenvalue weighted by Gasteiger charge is 2.23. The van der Waals surface area contributed by atoms with Crippen LogP contribution in [0.2, 0.25) is 0 Å². The monoisotopic (exact) mass is 407 g/mol. The lowest BCUT2D eigenvalue weighted by Gasteiger charge is -2.29. The topological polar surface area (TPSA) is 74.5 Å². The molecular weight excluding hydrogens is 382 g/mol. The third kappa shape index (κ3) is 4.07. The first-order chi connectivity index (χ1) is 14.8. The maximum atomic E-state index is 5.86. The summed E-state index contributed by atoms with van der Waals surface area (Å²) >= 11 is 0. The molecule has 0 aliphatic carbocycles. The minimum absolute atomic E-state index is 0.273. The molecule has 0 saturated carbocycles. The van der Waals surface area contributed by atoms with Gasteiger partial charge in [-0.05, 0) is 19.1 Å². The van der Waals surface area contributed by atoms with Crippen LogP contribution in [0.25, 0.3) is 17.1 Å². The number of ether oxygens (including phenoxy) is 3. The molecule has 1 unspecified atom stereocenters. The number of anilines is 1. The van der Waals surface area contributed by atoms with Gasteiger partial charge in [0.1, 0.15) is 11.9 Å². The highest BCUT2D eigenvalue weighted by molar-refractivity contribution is 5.60. The van der Waals surface area contributed by atoms with E-state index in [4.69, 9.17) is 29.3 Å². The van der Waals surface area contributed by atoms with E-state index in [0.717, 1.165) is 36.0 Å². The number of nitrogens with zero attached hydrogens (tertiary/aromatic N) is 5. The summed E-state index contributed by atoms with van der Waals surface area (Å²) in [6.45, 7) is 6.67. The Labute approximate surface area is 175 Å². The molecule has 8 nitrogen and oxygen atoms in total. The van der Waals surface area contributed by atoms with E-state index in [-0.39, 0.29) is 6.10 Å². The quantitative estimate of drug-likeness (QED) is 0.658. The SMILES string of the molecule is Cc1cccc(-c2ccn(-c3cc(N4CCOCC4)nc(C4COCCO4)n3)n2)c1. The van der Waals surface area contributed by atoms with Gasteiger partial charge in [0, 0.05) is 30.9 Å². The summed E-state index contributed by atoms with van der Waals surface area (Å²) in [7, 11) is 0. The average Bonchev–Trinajstić information content (AvgIpc) is 3.31. The fourth-order valence-corrected chi connectivity index (χ4v) is 3.70. The van der Waals surface area contributed by atoms with E-state index in [0.29, 0.717) is 38.9 Å². The lowest BCUT2D eigenvalue weighted by Crippen LogP contribution is -2.37. The molecule has 156 valence electrons. The van der Waals surface area contributed by atoms with Crippen LogP contribution in [0.15, 0.2) is 42.6 Å². The third-order valence-electron chi connectivity index (χ3n) is 5.29. The van der Waals surface area contributed by atoms with Gasteiger partial charge in [-0.1, -0.05) is 23.8 Å². The fraction of sp³-hybridized carbons (Fsp3) is 0.409. The summed E-state index contributed by atoms with van der Waals surface area (Å²) in [5, 5.41) is 4.78. The van der Waals surface area contributed by atoms with E-state index in [1.807, 2.05) is 24.4 Å². The third-order valence-corrected chi connectivity index (χ3v) is 5.29. The Bertz CT molecular complexity index is 973. The Morgan fingerprint density at radius 1 is 0.933 bits per heavy atom. The lowest BCUT2D eigenvalue weighted by atomic mass is 10.1. The summed E-state index contributed by atoms with van der Waals surface area (Å²) in [5.74, 6) is 2.20. The smallest absolute Gasteiger partial charge is 0.164 e. The van der Waals surface area contributed by atoms with E-state index >= 15 is 0 Å². The number of hydrogen-bond acceptors (Lipinski definition) is 7. The highest BCUT2D eigenvalue weighted by atomic mass is 16.6. The Hall–Kier alpha value is -2.81. The van der Waals surface area contributed by atoms with E-state index in [2.05, 4.69) is 30.0 Å². The Morgan fingerprint density at radius 2 is 1.80 bits per heavy atom. The zero-order valence-corrected chi connectivity index (χ0v) is 17.0. The van der Waals surface area contributed by atoms with Crippen LogP contribution in [0.3, 0.4) is 0 Å². The summed E-state index contributed by atoms with van der Waals surface area (Å²) in [6, 6.07) is 12.3. The number of aromatic nitrogens is 4. The van der Waals surface area contributed by atoms with Gasteiger partial charge in [0.15, 0.2) is 11.6 Å². The van der Waals surface area contributed by atoms with Crippen LogP contribution in [0, 0.1) is 6.92 Å². The molecule has 1 aromatic carbocycles. The van der Waals surface area contributed by atoms with Gasteiger partial charge < -0.3 is 19.1 Å². The van der Waals surface area contributed by atoms with Crippen LogP contribution in [0.5, 0.6) is 0 Å². The Morgan fingerprint density at radius 3 is 2.60 bits per heavy atom. The normalized spacial score (nSPS) is 19.8. The van der Waals surface area contributed by atoms with Crippen LogP contribution < -0.4 is 4.90 Å². The average molecular weight is 407 g/mol. The predicted octanol–water partition coefficient (Wildman–Crippen LogP) is 2.56. The van der Waals surface area contributed by atoms with E-state index < -0.39 is 0 Å². The second-order valence-electron chi connectivity index (χ2n) is 7.49. The van der Waals surface area contributed by atoms with Gasteiger partial charge in [0.25, 0.3) is 0 Å². The minimum atomic E-state index is -0.273. The molecule has 2 aromatic heterocycles. The fourth-order valence-electron chi connectivity index (χ4n) is 3.70. The summed E-state index contributed by atoms with van der Waals surface area (Å²) in [5.41, 5.74) is 3.19. The minimum Gasteiger partial charge on any atom is -0.378 e. The van der Waals surface area contributed by atoms with Crippen molar-refractivity contribution in [1.82, 2.24) is 19.7 Å². The van der Waals surface area contributed by atoms with Crippen molar-refractivity contribution in [3.05, 3.63) is 54.0 Å². The van der Waals surface area contributed by atoms with Gasteiger partial charge in [-0.25, -0.2) is 14.6 Å². The Balaban J connectivity index is 1.51. The van der Waals surface area contributed by atoms with Crippen LogP contribution in [-0.2, 0) is 14.2 Å². The maximum Gasteiger partial charge on any atom is 0.164 e. The molecule has 8 heteroatoms. The van der Waals surface area contributed by atoms with E-state index in [1.165, 1.54) is 5.56 Å². The van der Waals surface area contributed by atoms with E-state index in [9.17, 15) is 0 Å². The standard InChI is InChI=1S/C22H25N5O3/c1-16-3-2-4-17(13-16)18-5-6-27(25-18)21-14-20(26-7-9-28-10-8-26)23-22(24-21)19-15-29-11-12-30-19/h2-6,13-14,19H,7-12,15H2,1H3. The van der Waals surface area contributed by atoms with Crippen molar-refractivity contribution < 1.29 is 14.2 Å². The molecule has 0 radical (unpaired) electrons. The van der Waals surface area contributed by atoms with Crippen LogP contribution in [0.4, 0.5) is 5.82 Å². The molecule has 5 rings (SSSR count). The molecule has 3 aromatic rings. The van der Waals surface area contributed by atoms with Gasteiger partial charge in [0.2, 0.25) is 0 Å². The lowest BCUT2D eigenvalue weighted by molar-refractivity contribution is -0.0935. The van der Waals surface area contributed by atoms with Gasteiger partial charge in [-0.3, -0.25) is 0 Å². The molecule has 2 saturated heterocycles. The second kappa shape index (κ2) is 8.51. The molecular formula is C22H25N5O3. The number of morpholine rings is 1. The molecule has 0 amide bonds. The van der Waals surface area contributed by atoms with Gasteiger partial charge >= 0.3 is 0 Å². The van der Waals surface area contributed by atoms with Crippen molar-refractivity contribution in [1.29, 1.82) is 0 Å². The molecule has 0 bridgehead atoms. The van der Waals surface area contributed by atoms with Gasteiger partial charge in [-0.15, -0.1) is 0 Å². The van der Waals surface area contributed by atoms with Gasteiger partial charge in [-0.2, -0.15) is 5.10 Å². The maximum absolute atomic E-state index is 5.86. The molecule has 1 atom stereocenters. The molecule has 2 aliphatic rings. The summed E-state index contributed by atoms with van der Waals surface area (Å²) < 4.78 is 18.7. The van der Waals surface area contributed by atoms with E-state index in [1.54, 1.807) is 4.68 Å². The number of aryl methyl sites for hydroxylation is 1. The molecule has 0 N–H and O–H groups in total. The zero-order valence-electron chi connectivity index (χ0n) is 17.0. The Kier molecular flexibility index (Phi) is 5.44.